The van der Waals surface area contributed by atoms with E-state index in [1.165, 1.54) is 13.0 Å². The predicted molar refractivity (Wildman–Crippen MR) is 65.9 cm³/mol. The first kappa shape index (κ1) is 11.3. The van der Waals surface area contributed by atoms with Gasteiger partial charge in [0.15, 0.2) is 0 Å². The van der Waals surface area contributed by atoms with Crippen LogP contribution >= 0.6 is 0 Å². The lowest BCUT2D eigenvalue weighted by atomic mass is 9.99. The van der Waals surface area contributed by atoms with Gasteiger partial charge in [-0.05, 0) is 38.9 Å². The van der Waals surface area contributed by atoms with Gasteiger partial charge in [0.05, 0.1) is 6.04 Å². The summed E-state index contributed by atoms with van der Waals surface area (Å²) in [5.41, 5.74) is 0. The molecule has 5 nitrogen and oxygen atoms in total. The first-order valence-corrected chi connectivity index (χ1v) is 6.70. The van der Waals surface area contributed by atoms with Gasteiger partial charge < -0.3 is 20.4 Å². The van der Waals surface area contributed by atoms with Crippen LogP contribution in [0.15, 0.2) is 0 Å². The Morgan fingerprint density at radius 3 is 2.82 bits per heavy atom. The molecule has 3 aliphatic rings. The number of urea groups is 1. The molecule has 0 spiro atoms. The Labute approximate surface area is 103 Å². The summed E-state index contributed by atoms with van der Waals surface area (Å²) in [7, 11) is 2.16. The van der Waals surface area contributed by atoms with Crippen molar-refractivity contribution in [2.24, 2.45) is 5.92 Å². The molecule has 2 amide bonds. The summed E-state index contributed by atoms with van der Waals surface area (Å²) in [5, 5.41) is 6.51. The number of carbonyl (C=O) groups excluding carboxylic acids is 1. The van der Waals surface area contributed by atoms with Gasteiger partial charge in [-0.25, -0.2) is 4.79 Å². The normalized spacial score (nSPS) is 39.0. The zero-order chi connectivity index (χ0) is 11.8. The summed E-state index contributed by atoms with van der Waals surface area (Å²) in [6, 6.07) is 0.936. The van der Waals surface area contributed by atoms with Crippen LogP contribution < -0.4 is 10.6 Å². The molecule has 2 N–H and O–H groups in total. The minimum atomic E-state index is 0.151. The van der Waals surface area contributed by atoms with Crippen LogP contribution in [-0.4, -0.2) is 67.7 Å². The predicted octanol–water partition coefficient (Wildman–Crippen LogP) is -0.306. The lowest BCUT2D eigenvalue weighted by molar-refractivity contribution is 0.201. The Balaban J connectivity index is 1.61. The fourth-order valence-electron chi connectivity index (χ4n) is 3.37. The van der Waals surface area contributed by atoms with Gasteiger partial charge in [-0.15, -0.1) is 0 Å². The molecule has 3 rings (SSSR count). The molecule has 0 aliphatic carbocycles. The highest BCUT2D eigenvalue weighted by Gasteiger charge is 2.39. The molecule has 0 saturated carbocycles. The molecule has 0 aromatic rings. The van der Waals surface area contributed by atoms with Crippen LogP contribution in [0.25, 0.3) is 0 Å². The molecule has 3 atom stereocenters. The topological polar surface area (TPSA) is 47.6 Å². The SMILES string of the molecule is CN1CCC(C2CN(C3CCNC3)C(=O)N2)C1. The summed E-state index contributed by atoms with van der Waals surface area (Å²) in [4.78, 5) is 16.4. The number of likely N-dealkylation sites (tertiary alicyclic amines) is 1. The average Bonchev–Trinajstić information content (AvgIpc) is 2.96. The summed E-state index contributed by atoms with van der Waals surface area (Å²) < 4.78 is 0. The second-order valence-corrected chi connectivity index (χ2v) is 5.67. The van der Waals surface area contributed by atoms with Gasteiger partial charge in [-0.2, -0.15) is 0 Å². The van der Waals surface area contributed by atoms with Crippen LogP contribution in [-0.2, 0) is 0 Å². The van der Waals surface area contributed by atoms with Crippen molar-refractivity contribution in [3.8, 4) is 0 Å². The Morgan fingerprint density at radius 2 is 2.18 bits per heavy atom. The molecule has 5 heteroatoms. The second kappa shape index (κ2) is 4.46. The molecule has 3 aliphatic heterocycles. The van der Waals surface area contributed by atoms with Crippen LogP contribution in [0, 0.1) is 5.92 Å². The van der Waals surface area contributed by atoms with Crippen molar-refractivity contribution in [3.63, 3.8) is 0 Å². The molecular weight excluding hydrogens is 216 g/mol. The zero-order valence-corrected chi connectivity index (χ0v) is 10.5. The number of nitrogens with zero attached hydrogens (tertiary/aromatic N) is 2. The van der Waals surface area contributed by atoms with Gasteiger partial charge in [0, 0.05) is 25.7 Å². The molecular formula is C12H22N4O. The zero-order valence-electron chi connectivity index (χ0n) is 10.5. The monoisotopic (exact) mass is 238 g/mol. The van der Waals surface area contributed by atoms with E-state index in [9.17, 15) is 4.79 Å². The van der Waals surface area contributed by atoms with Crippen molar-refractivity contribution in [1.29, 1.82) is 0 Å². The molecule has 0 aromatic carbocycles. The highest BCUT2D eigenvalue weighted by Crippen LogP contribution is 2.24. The van der Waals surface area contributed by atoms with Gasteiger partial charge >= 0.3 is 6.03 Å². The first-order valence-electron chi connectivity index (χ1n) is 6.70. The quantitative estimate of drug-likeness (QED) is 0.694. The maximum absolute atomic E-state index is 12.0. The van der Waals surface area contributed by atoms with E-state index in [0.29, 0.717) is 18.0 Å². The first-order chi connectivity index (χ1) is 8.24. The van der Waals surface area contributed by atoms with Crippen LogP contribution in [0.5, 0.6) is 0 Å². The van der Waals surface area contributed by atoms with Gasteiger partial charge in [-0.3, -0.25) is 0 Å². The number of carbonyl (C=O) groups is 1. The van der Waals surface area contributed by atoms with Gasteiger partial charge in [0.1, 0.15) is 0 Å². The number of hydrogen-bond donors (Lipinski definition) is 2. The maximum Gasteiger partial charge on any atom is 0.318 e. The fraction of sp³-hybridized carbons (Fsp3) is 0.917. The van der Waals surface area contributed by atoms with Crippen LogP contribution in [0.1, 0.15) is 12.8 Å². The Bertz CT molecular complexity index is 303. The van der Waals surface area contributed by atoms with E-state index in [4.69, 9.17) is 0 Å². The van der Waals surface area contributed by atoms with Crippen molar-refractivity contribution in [3.05, 3.63) is 0 Å². The van der Waals surface area contributed by atoms with Crippen molar-refractivity contribution < 1.29 is 4.79 Å². The smallest absolute Gasteiger partial charge is 0.318 e. The summed E-state index contributed by atoms with van der Waals surface area (Å²) in [6.45, 7) is 5.21. The largest absolute Gasteiger partial charge is 0.333 e. The number of hydrogen-bond acceptors (Lipinski definition) is 3. The minimum Gasteiger partial charge on any atom is -0.333 e. The highest BCUT2D eigenvalue weighted by atomic mass is 16.2. The number of nitrogens with one attached hydrogen (secondary N) is 2. The summed E-state index contributed by atoms with van der Waals surface area (Å²) >= 11 is 0. The van der Waals surface area contributed by atoms with Crippen LogP contribution in [0.4, 0.5) is 4.79 Å². The molecule has 3 saturated heterocycles. The molecule has 96 valence electrons. The minimum absolute atomic E-state index is 0.151. The third-order valence-corrected chi connectivity index (χ3v) is 4.44. The van der Waals surface area contributed by atoms with Crippen molar-refractivity contribution in [2.45, 2.75) is 24.9 Å². The average molecular weight is 238 g/mol. The molecule has 17 heavy (non-hydrogen) atoms. The third-order valence-electron chi connectivity index (χ3n) is 4.44. The molecule has 0 bridgehead atoms. The van der Waals surface area contributed by atoms with Crippen molar-refractivity contribution in [2.75, 3.05) is 39.8 Å². The summed E-state index contributed by atoms with van der Waals surface area (Å²) in [6.07, 6.45) is 2.32. The molecule has 0 radical (unpaired) electrons. The van der Waals surface area contributed by atoms with Crippen molar-refractivity contribution >= 4 is 6.03 Å². The number of amides is 2. The molecule has 0 aromatic heterocycles. The molecule has 3 fully saturated rings. The van der Waals surface area contributed by atoms with E-state index in [0.717, 1.165) is 32.6 Å². The highest BCUT2D eigenvalue weighted by molar-refractivity contribution is 5.77. The lowest BCUT2D eigenvalue weighted by Gasteiger charge is -2.22. The standard InChI is InChI=1S/C12H22N4O/c1-15-5-3-9(7-15)11-8-16(12(17)14-11)10-2-4-13-6-10/h9-11,13H,2-8H2,1H3,(H,14,17). The van der Waals surface area contributed by atoms with E-state index in [-0.39, 0.29) is 6.03 Å². The molecule has 3 unspecified atom stereocenters. The number of rotatable bonds is 2. The van der Waals surface area contributed by atoms with E-state index >= 15 is 0 Å². The maximum atomic E-state index is 12.0. The van der Waals surface area contributed by atoms with Crippen LogP contribution in [0.3, 0.4) is 0 Å². The van der Waals surface area contributed by atoms with E-state index in [2.05, 4.69) is 22.6 Å². The van der Waals surface area contributed by atoms with Crippen LogP contribution in [0.2, 0.25) is 0 Å². The Morgan fingerprint density at radius 1 is 1.29 bits per heavy atom. The van der Waals surface area contributed by atoms with E-state index < -0.39 is 0 Å². The summed E-state index contributed by atoms with van der Waals surface area (Å²) in [5.74, 6) is 0.642. The van der Waals surface area contributed by atoms with E-state index in [1.807, 2.05) is 4.90 Å². The van der Waals surface area contributed by atoms with Gasteiger partial charge in [-0.1, -0.05) is 0 Å². The van der Waals surface area contributed by atoms with Gasteiger partial charge in [0.2, 0.25) is 0 Å². The van der Waals surface area contributed by atoms with E-state index in [1.54, 1.807) is 0 Å². The van der Waals surface area contributed by atoms with Gasteiger partial charge in [0.25, 0.3) is 0 Å². The third kappa shape index (κ3) is 2.13. The van der Waals surface area contributed by atoms with Crippen molar-refractivity contribution in [1.82, 2.24) is 20.4 Å². The lowest BCUT2D eigenvalue weighted by Crippen LogP contribution is -2.39. The second-order valence-electron chi connectivity index (χ2n) is 5.67. The Kier molecular flexibility index (Phi) is 2.96. The fourth-order valence-corrected chi connectivity index (χ4v) is 3.37. The Hall–Kier alpha value is -0.810. The molecule has 3 heterocycles.